The molecule has 0 aliphatic carbocycles. The van der Waals surface area contributed by atoms with Crippen LogP contribution in [0.4, 0.5) is 13.2 Å². The summed E-state index contributed by atoms with van der Waals surface area (Å²) in [5.41, 5.74) is 0.288. The van der Waals surface area contributed by atoms with Gasteiger partial charge in [0.2, 0.25) is 0 Å². The number of hydrogen-bond donors (Lipinski definition) is 1. The summed E-state index contributed by atoms with van der Waals surface area (Å²) >= 11 is 5.67. The van der Waals surface area contributed by atoms with Gasteiger partial charge in [-0.3, -0.25) is 0 Å². The average molecular weight is 300 g/mol. The molecule has 0 heterocycles. The van der Waals surface area contributed by atoms with Gasteiger partial charge in [-0.15, -0.1) is 0 Å². The first-order valence-corrected chi connectivity index (χ1v) is 6.48. The van der Waals surface area contributed by atoms with E-state index < -0.39 is 23.5 Å². The second-order valence-corrected chi connectivity index (χ2v) is 4.86. The maximum atomic E-state index is 13.7. The molecule has 2 rings (SSSR count). The van der Waals surface area contributed by atoms with Crippen molar-refractivity contribution in [1.29, 1.82) is 0 Å². The lowest BCUT2D eigenvalue weighted by atomic mass is 10.1. The number of benzene rings is 2. The van der Waals surface area contributed by atoms with Gasteiger partial charge in [0, 0.05) is 23.7 Å². The molecule has 106 valence electrons. The summed E-state index contributed by atoms with van der Waals surface area (Å²) in [6, 6.07) is 7.73. The Morgan fingerprint density at radius 3 is 2.30 bits per heavy atom. The monoisotopic (exact) mass is 299 g/mol. The Morgan fingerprint density at radius 1 is 1.05 bits per heavy atom. The van der Waals surface area contributed by atoms with Crippen molar-refractivity contribution in [2.75, 3.05) is 0 Å². The quantitative estimate of drug-likeness (QED) is 0.869. The van der Waals surface area contributed by atoms with Gasteiger partial charge in [-0.2, -0.15) is 0 Å². The summed E-state index contributed by atoms with van der Waals surface area (Å²) in [4.78, 5) is 0. The number of hydrogen-bond acceptors (Lipinski definition) is 1. The van der Waals surface area contributed by atoms with Crippen molar-refractivity contribution in [1.82, 2.24) is 5.32 Å². The molecule has 2 aromatic rings. The molecule has 0 aliphatic rings. The van der Waals surface area contributed by atoms with Crippen LogP contribution in [0.5, 0.6) is 0 Å². The second-order valence-electron chi connectivity index (χ2n) is 4.45. The highest BCUT2D eigenvalue weighted by Gasteiger charge is 2.16. The lowest BCUT2D eigenvalue weighted by Crippen LogP contribution is -2.21. The van der Waals surface area contributed by atoms with Crippen molar-refractivity contribution in [3.05, 3.63) is 70.0 Å². The van der Waals surface area contributed by atoms with E-state index in [2.05, 4.69) is 5.32 Å². The summed E-state index contributed by atoms with van der Waals surface area (Å²) in [5.74, 6) is -1.78. The molecule has 0 aliphatic heterocycles. The zero-order valence-electron chi connectivity index (χ0n) is 10.8. The first kappa shape index (κ1) is 14.9. The molecule has 0 saturated carbocycles. The van der Waals surface area contributed by atoms with Crippen LogP contribution in [0, 0.1) is 17.5 Å². The van der Waals surface area contributed by atoms with Gasteiger partial charge in [0.15, 0.2) is 0 Å². The van der Waals surface area contributed by atoms with E-state index >= 15 is 0 Å². The smallest absolute Gasteiger partial charge is 0.146 e. The fourth-order valence-electron chi connectivity index (χ4n) is 1.97. The van der Waals surface area contributed by atoms with Crippen LogP contribution in [0.2, 0.25) is 5.02 Å². The maximum Gasteiger partial charge on any atom is 0.146 e. The molecule has 0 saturated heterocycles. The van der Waals surface area contributed by atoms with Crippen LogP contribution in [0.15, 0.2) is 36.4 Å². The molecule has 0 amide bonds. The third-order valence-electron chi connectivity index (χ3n) is 3.06. The SMILES string of the molecule is CC(NCc1cccc(Cl)c1F)c1c(F)cccc1F. The van der Waals surface area contributed by atoms with Crippen molar-refractivity contribution in [3.63, 3.8) is 0 Å². The van der Waals surface area contributed by atoms with E-state index in [0.29, 0.717) is 5.56 Å². The molecule has 1 N–H and O–H groups in total. The highest BCUT2D eigenvalue weighted by atomic mass is 35.5. The summed E-state index contributed by atoms with van der Waals surface area (Å²) in [6.07, 6.45) is 0. The third kappa shape index (κ3) is 3.14. The van der Waals surface area contributed by atoms with Crippen molar-refractivity contribution >= 4 is 11.6 Å². The molecule has 0 bridgehead atoms. The Hall–Kier alpha value is -1.52. The Kier molecular flexibility index (Phi) is 4.68. The summed E-state index contributed by atoms with van der Waals surface area (Å²) in [7, 11) is 0. The van der Waals surface area contributed by atoms with Crippen LogP contribution in [0.25, 0.3) is 0 Å². The molecule has 1 atom stereocenters. The highest BCUT2D eigenvalue weighted by Crippen LogP contribution is 2.22. The molecule has 2 aromatic carbocycles. The predicted octanol–water partition coefficient (Wildman–Crippen LogP) is 4.61. The van der Waals surface area contributed by atoms with Crippen LogP contribution >= 0.6 is 11.6 Å². The van der Waals surface area contributed by atoms with Crippen LogP contribution in [-0.2, 0) is 6.54 Å². The van der Waals surface area contributed by atoms with Crippen molar-refractivity contribution in [2.45, 2.75) is 19.5 Å². The van der Waals surface area contributed by atoms with E-state index in [1.807, 2.05) is 0 Å². The predicted molar refractivity (Wildman–Crippen MR) is 73.0 cm³/mol. The van der Waals surface area contributed by atoms with E-state index in [-0.39, 0.29) is 17.1 Å². The van der Waals surface area contributed by atoms with Crippen LogP contribution in [-0.4, -0.2) is 0 Å². The van der Waals surface area contributed by atoms with E-state index in [9.17, 15) is 13.2 Å². The largest absolute Gasteiger partial charge is 0.306 e. The highest BCUT2D eigenvalue weighted by molar-refractivity contribution is 6.30. The maximum absolute atomic E-state index is 13.7. The van der Waals surface area contributed by atoms with Crippen molar-refractivity contribution < 1.29 is 13.2 Å². The van der Waals surface area contributed by atoms with Crippen molar-refractivity contribution in [3.8, 4) is 0 Å². The van der Waals surface area contributed by atoms with E-state index in [0.717, 1.165) is 0 Å². The van der Waals surface area contributed by atoms with Gasteiger partial charge in [-0.1, -0.05) is 29.8 Å². The van der Waals surface area contributed by atoms with Gasteiger partial charge in [-0.05, 0) is 25.1 Å². The van der Waals surface area contributed by atoms with Gasteiger partial charge >= 0.3 is 0 Å². The minimum absolute atomic E-state index is 0.0222. The summed E-state index contributed by atoms with van der Waals surface area (Å²) in [6.45, 7) is 1.74. The molecule has 0 radical (unpaired) electrons. The number of nitrogens with one attached hydrogen (secondary N) is 1. The lowest BCUT2D eigenvalue weighted by molar-refractivity contribution is 0.481. The molecule has 1 unspecified atom stereocenters. The molecular weight excluding hydrogens is 287 g/mol. The van der Waals surface area contributed by atoms with Gasteiger partial charge in [-0.25, -0.2) is 13.2 Å². The first-order chi connectivity index (χ1) is 9.50. The Morgan fingerprint density at radius 2 is 1.65 bits per heavy atom. The number of rotatable bonds is 4. The van der Waals surface area contributed by atoms with Gasteiger partial charge in [0.25, 0.3) is 0 Å². The third-order valence-corrected chi connectivity index (χ3v) is 3.35. The summed E-state index contributed by atoms with van der Waals surface area (Å²) in [5, 5.41) is 2.91. The fourth-order valence-corrected chi connectivity index (χ4v) is 2.17. The summed E-state index contributed by atoms with van der Waals surface area (Å²) < 4.78 is 40.9. The molecule has 0 spiro atoms. The van der Waals surface area contributed by atoms with Crippen molar-refractivity contribution in [2.24, 2.45) is 0 Å². The average Bonchev–Trinajstić information content (AvgIpc) is 2.40. The lowest BCUT2D eigenvalue weighted by Gasteiger charge is -2.16. The van der Waals surface area contributed by atoms with E-state index in [4.69, 9.17) is 11.6 Å². The van der Waals surface area contributed by atoms with E-state index in [1.165, 1.54) is 24.3 Å². The Bertz CT molecular complexity index is 596. The van der Waals surface area contributed by atoms with Gasteiger partial charge in [0.1, 0.15) is 17.5 Å². The minimum atomic E-state index is -0.628. The minimum Gasteiger partial charge on any atom is -0.306 e. The van der Waals surface area contributed by atoms with E-state index in [1.54, 1.807) is 19.1 Å². The molecule has 5 heteroatoms. The zero-order valence-corrected chi connectivity index (χ0v) is 11.5. The van der Waals surface area contributed by atoms with Crippen LogP contribution in [0.1, 0.15) is 24.1 Å². The Labute approximate surface area is 120 Å². The second kappa shape index (κ2) is 6.29. The van der Waals surface area contributed by atoms with Gasteiger partial charge in [0.05, 0.1) is 5.02 Å². The van der Waals surface area contributed by atoms with Crippen LogP contribution in [0.3, 0.4) is 0 Å². The normalized spacial score (nSPS) is 12.4. The Balaban J connectivity index is 2.13. The zero-order chi connectivity index (χ0) is 14.7. The molecule has 20 heavy (non-hydrogen) atoms. The van der Waals surface area contributed by atoms with Gasteiger partial charge < -0.3 is 5.32 Å². The van der Waals surface area contributed by atoms with Crippen LogP contribution < -0.4 is 5.32 Å². The fraction of sp³-hybridized carbons (Fsp3) is 0.200. The molecule has 1 nitrogen and oxygen atoms in total. The standard InChI is InChI=1S/C15H13ClF3N/c1-9(14-12(17)6-3-7-13(14)18)20-8-10-4-2-5-11(16)15(10)19/h2-7,9,20H,8H2,1H3. The molecule has 0 fully saturated rings. The topological polar surface area (TPSA) is 12.0 Å². The number of halogens is 4. The molecular formula is C15H13ClF3N. The molecule has 0 aromatic heterocycles. The first-order valence-electron chi connectivity index (χ1n) is 6.11.